The Hall–Kier alpha value is -0.0800. The van der Waals surface area contributed by atoms with Crippen molar-refractivity contribution in [2.24, 2.45) is 11.1 Å². The largest absolute Gasteiger partial charge is 0.379 e. The predicted octanol–water partition coefficient (Wildman–Crippen LogP) is 2.57. The van der Waals surface area contributed by atoms with Gasteiger partial charge in [0.05, 0.1) is 5.60 Å². The van der Waals surface area contributed by atoms with Crippen LogP contribution in [-0.4, -0.2) is 18.8 Å². The highest BCUT2D eigenvalue weighted by atomic mass is 16.5. The van der Waals surface area contributed by atoms with Gasteiger partial charge in [-0.2, -0.15) is 0 Å². The molecule has 0 aromatic carbocycles. The van der Waals surface area contributed by atoms with Crippen molar-refractivity contribution >= 4 is 0 Å². The second kappa shape index (κ2) is 4.43. The molecule has 13 heavy (non-hydrogen) atoms. The van der Waals surface area contributed by atoms with Gasteiger partial charge >= 0.3 is 0 Å². The van der Waals surface area contributed by atoms with E-state index in [1.165, 1.54) is 0 Å². The molecule has 0 aromatic heterocycles. The van der Waals surface area contributed by atoms with Gasteiger partial charge in [0.15, 0.2) is 0 Å². The summed E-state index contributed by atoms with van der Waals surface area (Å²) in [6, 6.07) is 0.252. The molecule has 2 N–H and O–H groups in total. The Kier molecular flexibility index (Phi) is 4.40. The van der Waals surface area contributed by atoms with E-state index in [4.69, 9.17) is 10.5 Å². The summed E-state index contributed by atoms with van der Waals surface area (Å²) in [6.07, 6.45) is 2.03. The summed E-state index contributed by atoms with van der Waals surface area (Å²) in [7, 11) is 1.75. The Balaban J connectivity index is 3.90. The second-order valence-electron chi connectivity index (χ2n) is 5.48. The average Bonchev–Trinajstić information content (AvgIpc) is 1.98. The lowest BCUT2D eigenvalue weighted by Gasteiger charge is -2.30. The third-order valence-corrected chi connectivity index (χ3v) is 2.72. The van der Waals surface area contributed by atoms with Crippen LogP contribution in [0.25, 0.3) is 0 Å². The molecule has 1 unspecified atom stereocenters. The maximum atomic E-state index is 6.06. The summed E-state index contributed by atoms with van der Waals surface area (Å²) in [5, 5.41) is 0. The van der Waals surface area contributed by atoms with Crippen molar-refractivity contribution in [3.05, 3.63) is 0 Å². The fraction of sp³-hybridized carbons (Fsp3) is 1.00. The van der Waals surface area contributed by atoms with E-state index in [-0.39, 0.29) is 17.1 Å². The molecule has 0 aliphatic carbocycles. The Bertz CT molecular complexity index is 147. The molecule has 2 nitrogen and oxygen atoms in total. The normalized spacial score (nSPS) is 15.9. The fourth-order valence-electron chi connectivity index (χ4n) is 1.04. The maximum Gasteiger partial charge on any atom is 0.0623 e. The number of nitrogens with two attached hydrogens (primary N) is 1. The first kappa shape index (κ1) is 12.9. The van der Waals surface area contributed by atoms with E-state index in [9.17, 15) is 0 Å². The van der Waals surface area contributed by atoms with Gasteiger partial charge < -0.3 is 10.5 Å². The van der Waals surface area contributed by atoms with Gasteiger partial charge in [-0.3, -0.25) is 0 Å². The summed E-state index contributed by atoms with van der Waals surface area (Å²) < 4.78 is 5.35. The van der Waals surface area contributed by atoms with E-state index in [1.54, 1.807) is 7.11 Å². The molecule has 0 aliphatic heterocycles. The van der Waals surface area contributed by atoms with Gasteiger partial charge in [-0.1, -0.05) is 20.8 Å². The summed E-state index contributed by atoms with van der Waals surface area (Å²) in [4.78, 5) is 0. The van der Waals surface area contributed by atoms with Gasteiger partial charge in [0.1, 0.15) is 0 Å². The quantitative estimate of drug-likeness (QED) is 0.734. The zero-order valence-corrected chi connectivity index (χ0v) is 9.98. The van der Waals surface area contributed by atoms with Crippen molar-refractivity contribution < 1.29 is 4.74 Å². The lowest BCUT2D eigenvalue weighted by atomic mass is 9.83. The van der Waals surface area contributed by atoms with Crippen LogP contribution < -0.4 is 5.73 Å². The van der Waals surface area contributed by atoms with Gasteiger partial charge in [-0.25, -0.2) is 0 Å². The molecule has 0 fully saturated rings. The van der Waals surface area contributed by atoms with Crippen LogP contribution in [0.1, 0.15) is 47.5 Å². The first-order valence-electron chi connectivity index (χ1n) is 5.00. The standard InChI is InChI=1S/C11H25NO/c1-10(2,3)9(12)7-8-11(4,5)13-6/h9H,7-8,12H2,1-6H3. The summed E-state index contributed by atoms with van der Waals surface area (Å²) in [5.74, 6) is 0. The molecular weight excluding hydrogens is 162 g/mol. The number of ether oxygens (including phenoxy) is 1. The van der Waals surface area contributed by atoms with Crippen molar-refractivity contribution in [3.63, 3.8) is 0 Å². The van der Waals surface area contributed by atoms with E-state index < -0.39 is 0 Å². The number of hydrogen-bond acceptors (Lipinski definition) is 2. The van der Waals surface area contributed by atoms with E-state index in [0.29, 0.717) is 0 Å². The molecule has 0 aliphatic rings. The highest BCUT2D eigenvalue weighted by Gasteiger charge is 2.24. The third kappa shape index (κ3) is 5.27. The number of rotatable bonds is 4. The molecule has 0 spiro atoms. The van der Waals surface area contributed by atoms with Crippen LogP contribution in [-0.2, 0) is 4.74 Å². The highest BCUT2D eigenvalue weighted by Crippen LogP contribution is 2.24. The van der Waals surface area contributed by atoms with Crippen LogP contribution in [0.3, 0.4) is 0 Å². The molecule has 0 rings (SSSR count). The number of methoxy groups -OCH3 is 1. The Labute approximate surface area is 82.8 Å². The van der Waals surface area contributed by atoms with E-state index >= 15 is 0 Å². The van der Waals surface area contributed by atoms with E-state index in [1.807, 2.05) is 0 Å². The first-order valence-corrected chi connectivity index (χ1v) is 5.00. The molecule has 1 atom stereocenters. The molecule has 0 aromatic rings. The molecule has 0 bridgehead atoms. The highest BCUT2D eigenvalue weighted by molar-refractivity contribution is 4.80. The molecule has 0 amide bonds. The third-order valence-electron chi connectivity index (χ3n) is 2.72. The van der Waals surface area contributed by atoms with Gasteiger partial charge in [0, 0.05) is 13.2 Å². The molecule has 0 radical (unpaired) electrons. The predicted molar refractivity (Wildman–Crippen MR) is 57.8 cm³/mol. The minimum atomic E-state index is -0.0388. The van der Waals surface area contributed by atoms with Crippen LogP contribution in [0.15, 0.2) is 0 Å². The molecule has 0 saturated carbocycles. The molecule has 0 heterocycles. The van der Waals surface area contributed by atoms with Crippen LogP contribution in [0.4, 0.5) is 0 Å². The Morgan fingerprint density at radius 3 is 1.92 bits per heavy atom. The van der Waals surface area contributed by atoms with Crippen molar-refractivity contribution in [1.82, 2.24) is 0 Å². The summed E-state index contributed by atoms with van der Waals surface area (Å²) in [6.45, 7) is 10.7. The lowest BCUT2D eigenvalue weighted by molar-refractivity contribution is 0.0100. The number of hydrogen-bond donors (Lipinski definition) is 1. The smallest absolute Gasteiger partial charge is 0.0623 e. The van der Waals surface area contributed by atoms with E-state index in [2.05, 4.69) is 34.6 Å². The molecule has 0 saturated heterocycles. The fourth-order valence-corrected chi connectivity index (χ4v) is 1.04. The monoisotopic (exact) mass is 187 g/mol. The zero-order valence-electron chi connectivity index (χ0n) is 9.98. The van der Waals surface area contributed by atoms with Crippen LogP contribution in [0.2, 0.25) is 0 Å². The minimum Gasteiger partial charge on any atom is -0.379 e. The molecule has 2 heteroatoms. The summed E-state index contributed by atoms with van der Waals surface area (Å²) >= 11 is 0. The van der Waals surface area contributed by atoms with Crippen molar-refractivity contribution in [2.45, 2.75) is 59.1 Å². The summed E-state index contributed by atoms with van der Waals surface area (Å²) in [5.41, 5.74) is 6.22. The topological polar surface area (TPSA) is 35.2 Å². The van der Waals surface area contributed by atoms with Gasteiger partial charge in [-0.15, -0.1) is 0 Å². The zero-order chi connectivity index (χ0) is 10.7. The van der Waals surface area contributed by atoms with Crippen LogP contribution in [0.5, 0.6) is 0 Å². The Morgan fingerprint density at radius 1 is 1.15 bits per heavy atom. The molecular formula is C11H25NO. The minimum absolute atomic E-state index is 0.0388. The van der Waals surface area contributed by atoms with Crippen molar-refractivity contribution in [2.75, 3.05) is 7.11 Å². The van der Waals surface area contributed by atoms with Crippen LogP contribution >= 0.6 is 0 Å². The Morgan fingerprint density at radius 2 is 1.62 bits per heavy atom. The SMILES string of the molecule is COC(C)(C)CCC(N)C(C)(C)C. The average molecular weight is 187 g/mol. The first-order chi connectivity index (χ1) is 5.69. The van der Waals surface area contributed by atoms with Crippen molar-refractivity contribution in [3.8, 4) is 0 Å². The van der Waals surface area contributed by atoms with Crippen LogP contribution in [0, 0.1) is 5.41 Å². The lowest BCUT2D eigenvalue weighted by Crippen LogP contribution is -2.37. The van der Waals surface area contributed by atoms with Crippen molar-refractivity contribution in [1.29, 1.82) is 0 Å². The molecule has 80 valence electrons. The van der Waals surface area contributed by atoms with Gasteiger partial charge in [0.25, 0.3) is 0 Å². The maximum absolute atomic E-state index is 6.06. The second-order valence-corrected chi connectivity index (χ2v) is 5.48. The van der Waals surface area contributed by atoms with E-state index in [0.717, 1.165) is 12.8 Å². The van der Waals surface area contributed by atoms with Gasteiger partial charge in [-0.05, 0) is 32.1 Å². The van der Waals surface area contributed by atoms with Gasteiger partial charge in [0.2, 0.25) is 0 Å².